The molecule has 0 spiro atoms. The molecule has 1 aromatic rings. The summed E-state index contributed by atoms with van der Waals surface area (Å²) in [6.07, 6.45) is 0.483. The molecule has 0 aliphatic heterocycles. The quantitative estimate of drug-likeness (QED) is 0.390. The number of benzene rings is 1. The van der Waals surface area contributed by atoms with Crippen molar-refractivity contribution in [2.45, 2.75) is 12.5 Å². The molecule has 1 aromatic carbocycles. The van der Waals surface area contributed by atoms with E-state index in [4.69, 9.17) is 9.84 Å². The SMILES string of the molecule is COCC(CCO)NC(=O)c1cc(I)cc(I)c1I. The van der Waals surface area contributed by atoms with Gasteiger partial charge in [-0.2, -0.15) is 0 Å². The summed E-state index contributed by atoms with van der Waals surface area (Å²) < 4.78 is 8.06. The van der Waals surface area contributed by atoms with Crippen molar-refractivity contribution in [1.29, 1.82) is 0 Å². The van der Waals surface area contributed by atoms with Crippen LogP contribution < -0.4 is 5.32 Å². The third kappa shape index (κ3) is 5.59. The maximum absolute atomic E-state index is 12.3. The van der Waals surface area contributed by atoms with Crippen LogP contribution in [0.4, 0.5) is 0 Å². The highest BCUT2D eigenvalue weighted by Crippen LogP contribution is 2.22. The second kappa shape index (κ2) is 8.95. The van der Waals surface area contributed by atoms with Gasteiger partial charge in [-0.3, -0.25) is 4.79 Å². The van der Waals surface area contributed by atoms with Gasteiger partial charge < -0.3 is 15.2 Å². The number of carbonyl (C=O) groups excluding carboxylic acids is 1. The number of carbonyl (C=O) groups is 1. The molecule has 2 N–H and O–H groups in total. The number of amides is 1. The molecule has 19 heavy (non-hydrogen) atoms. The van der Waals surface area contributed by atoms with Crippen LogP contribution in [0.1, 0.15) is 16.8 Å². The number of ether oxygens (including phenoxy) is 1. The van der Waals surface area contributed by atoms with Crippen molar-refractivity contribution in [3.05, 3.63) is 28.4 Å². The Labute approximate surface area is 153 Å². The monoisotopic (exact) mass is 601 g/mol. The molecular weight excluding hydrogens is 587 g/mol. The van der Waals surface area contributed by atoms with Gasteiger partial charge >= 0.3 is 0 Å². The van der Waals surface area contributed by atoms with Crippen LogP contribution in [0.3, 0.4) is 0 Å². The molecule has 1 rings (SSSR count). The van der Waals surface area contributed by atoms with Crippen molar-refractivity contribution in [2.24, 2.45) is 0 Å². The highest BCUT2D eigenvalue weighted by Gasteiger charge is 2.17. The van der Waals surface area contributed by atoms with E-state index >= 15 is 0 Å². The molecule has 4 nitrogen and oxygen atoms in total. The van der Waals surface area contributed by atoms with E-state index in [1.807, 2.05) is 12.1 Å². The first-order valence-electron chi connectivity index (χ1n) is 5.54. The standard InChI is InChI=1S/C12H14I3NO3/c1-19-6-8(2-3-17)16-12(18)9-4-7(13)5-10(14)11(9)15/h4-5,8,17H,2-3,6H2,1H3,(H,16,18). The number of rotatable bonds is 6. The Kier molecular flexibility index (Phi) is 8.41. The number of hydrogen-bond donors (Lipinski definition) is 2. The summed E-state index contributed by atoms with van der Waals surface area (Å²) in [5, 5.41) is 11.9. The van der Waals surface area contributed by atoms with Gasteiger partial charge in [0.15, 0.2) is 0 Å². The Morgan fingerprint density at radius 2 is 2.11 bits per heavy atom. The van der Waals surface area contributed by atoms with E-state index in [2.05, 4.69) is 73.1 Å². The number of aliphatic hydroxyl groups is 1. The minimum atomic E-state index is -0.172. The third-order valence-corrected chi connectivity index (χ3v) is 6.09. The fourth-order valence-electron chi connectivity index (χ4n) is 1.54. The summed E-state index contributed by atoms with van der Waals surface area (Å²) in [6, 6.07) is 3.72. The number of methoxy groups -OCH3 is 1. The molecule has 0 saturated carbocycles. The van der Waals surface area contributed by atoms with Gasteiger partial charge in [-0.15, -0.1) is 0 Å². The van der Waals surface area contributed by atoms with Crippen molar-refractivity contribution in [1.82, 2.24) is 5.32 Å². The van der Waals surface area contributed by atoms with Gasteiger partial charge in [-0.25, -0.2) is 0 Å². The molecule has 106 valence electrons. The predicted octanol–water partition coefficient (Wildman–Crippen LogP) is 2.63. The molecule has 1 unspecified atom stereocenters. The lowest BCUT2D eigenvalue weighted by molar-refractivity contribution is 0.0877. The topological polar surface area (TPSA) is 58.6 Å². The summed E-state index contributed by atoms with van der Waals surface area (Å²) >= 11 is 6.59. The van der Waals surface area contributed by atoms with Crippen LogP contribution in [0.15, 0.2) is 12.1 Å². The zero-order chi connectivity index (χ0) is 14.4. The Hall–Kier alpha value is 0.800. The van der Waals surface area contributed by atoms with Gasteiger partial charge in [0, 0.05) is 24.4 Å². The van der Waals surface area contributed by atoms with E-state index < -0.39 is 0 Å². The van der Waals surface area contributed by atoms with Gasteiger partial charge in [0.05, 0.1) is 18.2 Å². The van der Waals surface area contributed by atoms with Crippen LogP contribution in [-0.4, -0.2) is 37.4 Å². The minimum Gasteiger partial charge on any atom is -0.396 e. The summed E-state index contributed by atoms with van der Waals surface area (Å²) in [7, 11) is 1.58. The lowest BCUT2D eigenvalue weighted by Gasteiger charge is -2.17. The van der Waals surface area contributed by atoms with Crippen molar-refractivity contribution in [3.8, 4) is 0 Å². The molecule has 1 amide bonds. The van der Waals surface area contributed by atoms with E-state index in [9.17, 15) is 4.79 Å². The maximum atomic E-state index is 12.3. The van der Waals surface area contributed by atoms with Crippen molar-refractivity contribution in [2.75, 3.05) is 20.3 Å². The van der Waals surface area contributed by atoms with Gasteiger partial charge in [0.1, 0.15) is 0 Å². The normalized spacial score (nSPS) is 12.3. The number of hydrogen-bond acceptors (Lipinski definition) is 3. The molecule has 0 aromatic heterocycles. The lowest BCUT2D eigenvalue weighted by Crippen LogP contribution is -2.39. The first kappa shape index (κ1) is 17.9. The highest BCUT2D eigenvalue weighted by atomic mass is 127. The van der Waals surface area contributed by atoms with Crippen LogP contribution in [0.25, 0.3) is 0 Å². The lowest BCUT2D eigenvalue weighted by atomic mass is 10.1. The van der Waals surface area contributed by atoms with Crippen LogP contribution in [0.5, 0.6) is 0 Å². The first-order valence-corrected chi connectivity index (χ1v) is 8.78. The van der Waals surface area contributed by atoms with E-state index in [0.29, 0.717) is 18.6 Å². The molecule has 0 fully saturated rings. The number of aliphatic hydroxyl groups excluding tert-OH is 1. The fourth-order valence-corrected chi connectivity index (χ4v) is 3.94. The summed E-state index contributed by atoms with van der Waals surface area (Å²) in [4.78, 5) is 12.3. The van der Waals surface area contributed by atoms with Crippen LogP contribution in [0.2, 0.25) is 0 Å². The highest BCUT2D eigenvalue weighted by molar-refractivity contribution is 14.1. The average Bonchev–Trinajstić information content (AvgIpc) is 2.34. The Balaban J connectivity index is 2.87. The molecule has 1 atom stereocenters. The smallest absolute Gasteiger partial charge is 0.252 e. The third-order valence-electron chi connectivity index (χ3n) is 2.42. The zero-order valence-corrected chi connectivity index (χ0v) is 16.7. The molecule has 0 radical (unpaired) electrons. The number of nitrogens with one attached hydrogen (secondary N) is 1. The van der Waals surface area contributed by atoms with Crippen molar-refractivity contribution >= 4 is 73.7 Å². The zero-order valence-electron chi connectivity index (χ0n) is 10.3. The predicted molar refractivity (Wildman–Crippen MR) is 99.4 cm³/mol. The Bertz CT molecular complexity index is 448. The molecule has 0 aliphatic carbocycles. The molecule has 0 heterocycles. The summed E-state index contributed by atoms with van der Waals surface area (Å²) in [6.45, 7) is 0.416. The van der Waals surface area contributed by atoms with Gasteiger partial charge in [-0.05, 0) is 86.3 Å². The molecule has 0 aliphatic rings. The molecule has 0 bridgehead atoms. The van der Waals surface area contributed by atoms with Crippen molar-refractivity contribution in [3.63, 3.8) is 0 Å². The Morgan fingerprint density at radius 1 is 1.42 bits per heavy atom. The number of halogens is 3. The summed E-state index contributed by atoms with van der Waals surface area (Å²) in [5.41, 5.74) is 0.663. The summed E-state index contributed by atoms with van der Waals surface area (Å²) in [5.74, 6) is -0.128. The minimum absolute atomic E-state index is 0.0231. The first-order chi connectivity index (χ1) is 8.99. The van der Waals surface area contributed by atoms with Crippen LogP contribution in [0, 0.1) is 10.7 Å². The van der Waals surface area contributed by atoms with Gasteiger partial charge in [-0.1, -0.05) is 0 Å². The molecule has 0 saturated heterocycles. The maximum Gasteiger partial charge on any atom is 0.252 e. The second-order valence-corrected chi connectivity index (χ2v) is 7.37. The second-order valence-electron chi connectivity index (χ2n) is 3.89. The van der Waals surface area contributed by atoms with Gasteiger partial charge in [0.25, 0.3) is 5.91 Å². The van der Waals surface area contributed by atoms with E-state index in [1.165, 1.54) is 0 Å². The van der Waals surface area contributed by atoms with Crippen molar-refractivity contribution < 1.29 is 14.6 Å². The van der Waals surface area contributed by atoms with Gasteiger partial charge in [0.2, 0.25) is 0 Å². The molecule has 7 heteroatoms. The van der Waals surface area contributed by atoms with Crippen LogP contribution >= 0.6 is 67.8 Å². The largest absolute Gasteiger partial charge is 0.396 e. The molecular formula is C12H14I3NO3. The van der Waals surface area contributed by atoms with E-state index in [1.54, 1.807) is 7.11 Å². The Morgan fingerprint density at radius 3 is 2.68 bits per heavy atom. The van der Waals surface area contributed by atoms with Crippen LogP contribution in [-0.2, 0) is 4.74 Å². The fraction of sp³-hybridized carbons (Fsp3) is 0.417. The van der Waals surface area contributed by atoms with E-state index in [-0.39, 0.29) is 18.6 Å². The average molecular weight is 601 g/mol. The van der Waals surface area contributed by atoms with E-state index in [0.717, 1.165) is 10.7 Å².